The summed E-state index contributed by atoms with van der Waals surface area (Å²) in [6.07, 6.45) is 0. The Bertz CT molecular complexity index is 591. The first-order valence-electron chi connectivity index (χ1n) is 5.80. The maximum Gasteiger partial charge on any atom is 0.103 e. The van der Waals surface area contributed by atoms with E-state index in [0.717, 1.165) is 22.5 Å². The van der Waals surface area contributed by atoms with E-state index in [0.29, 0.717) is 4.99 Å². The van der Waals surface area contributed by atoms with Crippen LogP contribution in [0.2, 0.25) is 0 Å². The average Bonchev–Trinajstić information content (AvgIpc) is 2.31. The minimum atomic E-state index is 0.431. The minimum absolute atomic E-state index is 0.431. The molecule has 2 rings (SSSR count). The molecule has 3 heteroatoms. The second-order valence-electron chi connectivity index (χ2n) is 4.39. The Hall–Kier alpha value is -1.87. The summed E-state index contributed by atoms with van der Waals surface area (Å²) in [5, 5.41) is 3.40. The number of thiocarbonyl (C=S) groups is 1. The summed E-state index contributed by atoms with van der Waals surface area (Å²) in [5.74, 6) is 0. The molecule has 0 atom stereocenters. The summed E-state index contributed by atoms with van der Waals surface area (Å²) in [4.78, 5) is 0.431. The molecular formula is C15H16N2S. The lowest BCUT2D eigenvalue weighted by Gasteiger charge is -2.11. The number of benzene rings is 2. The molecule has 0 saturated carbocycles. The third-order valence-electron chi connectivity index (χ3n) is 2.81. The third kappa shape index (κ3) is 2.87. The number of nitrogens with two attached hydrogens (primary N) is 1. The SMILES string of the molecule is Cc1cccc(Nc2ccc(C(N)=S)cc2C)c1. The van der Waals surface area contributed by atoms with Gasteiger partial charge in [0.25, 0.3) is 0 Å². The van der Waals surface area contributed by atoms with Crippen molar-refractivity contribution >= 4 is 28.6 Å². The van der Waals surface area contributed by atoms with Gasteiger partial charge in [-0.15, -0.1) is 0 Å². The van der Waals surface area contributed by atoms with Crippen molar-refractivity contribution in [3.8, 4) is 0 Å². The van der Waals surface area contributed by atoms with Gasteiger partial charge in [0.05, 0.1) is 0 Å². The van der Waals surface area contributed by atoms with Crippen LogP contribution in [-0.4, -0.2) is 4.99 Å². The summed E-state index contributed by atoms with van der Waals surface area (Å²) >= 11 is 4.97. The Morgan fingerprint density at radius 1 is 1.11 bits per heavy atom. The van der Waals surface area contributed by atoms with Gasteiger partial charge in [-0.1, -0.05) is 24.4 Å². The van der Waals surface area contributed by atoms with Crippen molar-refractivity contribution in [1.29, 1.82) is 0 Å². The zero-order valence-corrected chi connectivity index (χ0v) is 11.3. The van der Waals surface area contributed by atoms with Crippen LogP contribution in [-0.2, 0) is 0 Å². The maximum absolute atomic E-state index is 5.62. The highest BCUT2D eigenvalue weighted by molar-refractivity contribution is 7.80. The highest BCUT2D eigenvalue weighted by Crippen LogP contribution is 2.22. The van der Waals surface area contributed by atoms with E-state index in [-0.39, 0.29) is 0 Å². The molecule has 0 aliphatic rings. The molecule has 0 aromatic heterocycles. The normalized spacial score (nSPS) is 10.1. The molecule has 3 N–H and O–H groups in total. The van der Waals surface area contributed by atoms with Crippen LogP contribution in [0.3, 0.4) is 0 Å². The van der Waals surface area contributed by atoms with Crippen LogP contribution in [0, 0.1) is 13.8 Å². The summed E-state index contributed by atoms with van der Waals surface area (Å²) in [5.41, 5.74) is 11.0. The fraction of sp³-hybridized carbons (Fsp3) is 0.133. The molecule has 0 fully saturated rings. The fourth-order valence-corrected chi connectivity index (χ4v) is 1.96. The molecule has 0 radical (unpaired) electrons. The predicted molar refractivity (Wildman–Crippen MR) is 81.5 cm³/mol. The van der Waals surface area contributed by atoms with Gasteiger partial charge in [-0.25, -0.2) is 0 Å². The van der Waals surface area contributed by atoms with Crippen molar-refractivity contribution in [1.82, 2.24) is 0 Å². The van der Waals surface area contributed by atoms with Crippen LogP contribution in [0.15, 0.2) is 42.5 Å². The Balaban J connectivity index is 2.27. The van der Waals surface area contributed by atoms with Crippen molar-refractivity contribution in [2.24, 2.45) is 5.73 Å². The monoisotopic (exact) mass is 256 g/mol. The second kappa shape index (κ2) is 5.19. The number of hydrogen-bond acceptors (Lipinski definition) is 2. The van der Waals surface area contributed by atoms with Crippen LogP contribution in [0.1, 0.15) is 16.7 Å². The Kier molecular flexibility index (Phi) is 3.63. The van der Waals surface area contributed by atoms with E-state index in [1.54, 1.807) is 0 Å². The van der Waals surface area contributed by atoms with E-state index in [4.69, 9.17) is 18.0 Å². The van der Waals surface area contributed by atoms with Gasteiger partial charge in [0, 0.05) is 16.9 Å². The lowest BCUT2D eigenvalue weighted by Crippen LogP contribution is -2.09. The maximum atomic E-state index is 5.62. The molecule has 92 valence electrons. The van der Waals surface area contributed by atoms with Crippen LogP contribution in [0.4, 0.5) is 11.4 Å². The van der Waals surface area contributed by atoms with Crippen molar-refractivity contribution in [2.45, 2.75) is 13.8 Å². The van der Waals surface area contributed by atoms with E-state index < -0.39 is 0 Å². The van der Waals surface area contributed by atoms with Gasteiger partial charge in [0.2, 0.25) is 0 Å². The number of hydrogen-bond donors (Lipinski definition) is 2. The molecule has 2 nitrogen and oxygen atoms in total. The molecule has 0 aliphatic carbocycles. The number of rotatable bonds is 3. The average molecular weight is 256 g/mol. The summed E-state index contributed by atoms with van der Waals surface area (Å²) in [6.45, 7) is 4.12. The molecule has 2 aromatic carbocycles. The first-order valence-corrected chi connectivity index (χ1v) is 6.21. The molecule has 0 aliphatic heterocycles. The van der Waals surface area contributed by atoms with Crippen LogP contribution >= 0.6 is 12.2 Å². The highest BCUT2D eigenvalue weighted by atomic mass is 32.1. The lowest BCUT2D eigenvalue weighted by molar-refractivity contribution is 1.40. The summed E-state index contributed by atoms with van der Waals surface area (Å²) in [6, 6.07) is 14.2. The van der Waals surface area contributed by atoms with Crippen LogP contribution in [0.5, 0.6) is 0 Å². The fourth-order valence-electron chi connectivity index (χ4n) is 1.84. The van der Waals surface area contributed by atoms with Crippen LogP contribution in [0.25, 0.3) is 0 Å². The van der Waals surface area contributed by atoms with E-state index >= 15 is 0 Å². The van der Waals surface area contributed by atoms with Crippen LogP contribution < -0.4 is 11.1 Å². The third-order valence-corrected chi connectivity index (χ3v) is 3.04. The molecule has 0 bridgehead atoms. The molecule has 18 heavy (non-hydrogen) atoms. The zero-order valence-electron chi connectivity index (χ0n) is 10.5. The van der Waals surface area contributed by atoms with Crippen molar-refractivity contribution in [3.63, 3.8) is 0 Å². The first kappa shape index (κ1) is 12.6. The van der Waals surface area contributed by atoms with Gasteiger partial charge in [0.15, 0.2) is 0 Å². The van der Waals surface area contributed by atoms with E-state index in [1.165, 1.54) is 5.56 Å². The predicted octanol–water partition coefficient (Wildman–Crippen LogP) is 3.68. The quantitative estimate of drug-likeness (QED) is 0.823. The largest absolute Gasteiger partial charge is 0.389 e. The zero-order chi connectivity index (χ0) is 13.1. The van der Waals surface area contributed by atoms with Gasteiger partial charge >= 0.3 is 0 Å². The topological polar surface area (TPSA) is 38.0 Å². The van der Waals surface area contributed by atoms with Crippen molar-refractivity contribution in [2.75, 3.05) is 5.32 Å². The second-order valence-corrected chi connectivity index (χ2v) is 4.83. The highest BCUT2D eigenvalue weighted by Gasteiger charge is 2.02. The van der Waals surface area contributed by atoms with Crippen molar-refractivity contribution < 1.29 is 0 Å². The van der Waals surface area contributed by atoms with Gasteiger partial charge in [0.1, 0.15) is 4.99 Å². The Morgan fingerprint density at radius 3 is 2.50 bits per heavy atom. The lowest BCUT2D eigenvalue weighted by atomic mass is 10.1. The summed E-state index contributed by atoms with van der Waals surface area (Å²) in [7, 11) is 0. The molecule has 0 heterocycles. The summed E-state index contributed by atoms with van der Waals surface area (Å²) < 4.78 is 0. The number of aryl methyl sites for hydroxylation is 2. The standard InChI is InChI=1S/C15H16N2S/c1-10-4-3-5-13(8-10)17-14-7-6-12(15(16)18)9-11(14)2/h3-9,17H,1-2H3,(H2,16,18). The molecule has 0 spiro atoms. The number of anilines is 2. The van der Waals surface area contributed by atoms with Gasteiger partial charge in [-0.3, -0.25) is 0 Å². The van der Waals surface area contributed by atoms with E-state index in [1.807, 2.05) is 37.3 Å². The van der Waals surface area contributed by atoms with Gasteiger partial charge in [-0.05, 0) is 55.3 Å². The Labute approximate surface area is 113 Å². The minimum Gasteiger partial charge on any atom is -0.389 e. The molecule has 0 unspecified atom stereocenters. The Morgan fingerprint density at radius 2 is 1.89 bits per heavy atom. The van der Waals surface area contributed by atoms with E-state index in [9.17, 15) is 0 Å². The molecular weight excluding hydrogens is 240 g/mol. The molecule has 2 aromatic rings. The number of nitrogens with one attached hydrogen (secondary N) is 1. The van der Waals surface area contributed by atoms with Gasteiger partial charge < -0.3 is 11.1 Å². The van der Waals surface area contributed by atoms with E-state index in [2.05, 4.69) is 24.4 Å². The van der Waals surface area contributed by atoms with Gasteiger partial charge in [-0.2, -0.15) is 0 Å². The first-order chi connectivity index (χ1) is 8.56. The smallest absolute Gasteiger partial charge is 0.103 e. The molecule has 0 amide bonds. The molecule has 0 saturated heterocycles. The van der Waals surface area contributed by atoms with Crippen molar-refractivity contribution in [3.05, 3.63) is 59.2 Å².